The number of ether oxygens (including phenoxy) is 1. The van der Waals surface area contributed by atoms with Gasteiger partial charge in [-0.2, -0.15) is 13.2 Å². The van der Waals surface area contributed by atoms with Gasteiger partial charge in [-0.3, -0.25) is 9.59 Å². The van der Waals surface area contributed by atoms with Gasteiger partial charge in [0.05, 0.1) is 30.3 Å². The Morgan fingerprint density at radius 2 is 1.94 bits per heavy atom. The van der Waals surface area contributed by atoms with Crippen molar-refractivity contribution in [2.24, 2.45) is 5.92 Å². The van der Waals surface area contributed by atoms with E-state index in [4.69, 9.17) is 4.74 Å². The monoisotopic (exact) mass is 512 g/mol. The summed E-state index contributed by atoms with van der Waals surface area (Å²) in [6.45, 7) is 5.50. The van der Waals surface area contributed by atoms with E-state index in [1.54, 1.807) is 10.3 Å². The number of carbonyl (C=O) groups excluding carboxylic acids is 2. The van der Waals surface area contributed by atoms with E-state index >= 15 is 0 Å². The van der Waals surface area contributed by atoms with E-state index in [9.17, 15) is 22.8 Å². The van der Waals surface area contributed by atoms with Crippen molar-refractivity contribution < 1.29 is 27.5 Å². The first-order valence-corrected chi connectivity index (χ1v) is 12.3. The second kappa shape index (κ2) is 11.5. The lowest BCUT2D eigenvalue weighted by Crippen LogP contribution is -2.47. The Kier molecular flexibility index (Phi) is 8.89. The Balaban J connectivity index is 1.48. The lowest BCUT2D eigenvalue weighted by molar-refractivity contribution is -0.140. The molecule has 11 heteroatoms. The first-order chi connectivity index (χ1) is 16.5. The summed E-state index contributed by atoms with van der Waals surface area (Å²) in [5, 5.41) is 8.39. The molecule has 1 unspecified atom stereocenters. The number of halogens is 3. The second-order valence-corrected chi connectivity index (χ2v) is 10.2. The number of nitrogens with one attached hydrogen (secondary N) is 2. The third kappa shape index (κ3) is 7.74. The summed E-state index contributed by atoms with van der Waals surface area (Å²) >= 11 is 1.33. The zero-order valence-electron chi connectivity index (χ0n) is 20.1. The summed E-state index contributed by atoms with van der Waals surface area (Å²) in [6, 6.07) is 4.83. The minimum Gasteiger partial charge on any atom is -0.370 e. The van der Waals surface area contributed by atoms with Crippen LogP contribution in [0, 0.1) is 5.92 Å². The van der Waals surface area contributed by atoms with E-state index in [1.165, 1.54) is 23.5 Å². The summed E-state index contributed by atoms with van der Waals surface area (Å²) in [5.41, 5.74) is 0.196. The van der Waals surface area contributed by atoms with Gasteiger partial charge in [0.2, 0.25) is 11.8 Å². The second-order valence-electron chi connectivity index (χ2n) is 9.22. The average molecular weight is 513 g/mol. The fraction of sp³-hybridized carbons (Fsp3) is 0.542. The van der Waals surface area contributed by atoms with Gasteiger partial charge in [-0.1, -0.05) is 12.1 Å². The van der Waals surface area contributed by atoms with Crippen molar-refractivity contribution in [2.75, 3.05) is 33.4 Å². The molecule has 2 heterocycles. The minimum atomic E-state index is -4.38. The van der Waals surface area contributed by atoms with Gasteiger partial charge in [-0.05, 0) is 45.9 Å². The summed E-state index contributed by atoms with van der Waals surface area (Å²) in [6.07, 6.45) is -2.95. The van der Waals surface area contributed by atoms with Crippen LogP contribution in [0.4, 0.5) is 13.2 Å². The van der Waals surface area contributed by atoms with Crippen LogP contribution < -0.4 is 10.6 Å². The number of hydrogen-bond donors (Lipinski definition) is 2. The van der Waals surface area contributed by atoms with Crippen molar-refractivity contribution in [1.82, 2.24) is 20.5 Å². The number of likely N-dealkylation sites (N-methyl/N-ethyl adjacent to an activating group) is 1. The lowest BCUT2D eigenvalue weighted by Gasteiger charge is -2.32. The summed E-state index contributed by atoms with van der Waals surface area (Å²) in [4.78, 5) is 31.3. The van der Waals surface area contributed by atoms with Crippen molar-refractivity contribution in [3.8, 4) is 11.3 Å². The highest BCUT2D eigenvalue weighted by Crippen LogP contribution is 2.31. The zero-order chi connectivity index (χ0) is 25.6. The molecule has 0 bridgehead atoms. The molecule has 1 aromatic carbocycles. The normalized spacial score (nSPS) is 16.9. The highest BCUT2D eigenvalue weighted by Gasteiger charge is 2.30. The molecule has 1 aromatic heterocycles. The Labute approximate surface area is 207 Å². The van der Waals surface area contributed by atoms with Crippen LogP contribution in [0.2, 0.25) is 0 Å². The number of benzene rings is 1. The maximum absolute atomic E-state index is 12.8. The van der Waals surface area contributed by atoms with Gasteiger partial charge < -0.3 is 20.3 Å². The highest BCUT2D eigenvalue weighted by molar-refractivity contribution is 7.09. The van der Waals surface area contributed by atoms with Crippen LogP contribution in [-0.2, 0) is 27.0 Å². The third-order valence-electron chi connectivity index (χ3n) is 5.98. The van der Waals surface area contributed by atoms with Gasteiger partial charge in [-0.25, -0.2) is 4.98 Å². The van der Waals surface area contributed by atoms with Gasteiger partial charge in [-0.15, -0.1) is 11.3 Å². The first kappa shape index (κ1) is 27.1. The number of alkyl halides is 3. The van der Waals surface area contributed by atoms with Crippen LogP contribution in [0.15, 0.2) is 29.6 Å². The van der Waals surface area contributed by atoms with Gasteiger partial charge in [0, 0.05) is 29.6 Å². The molecule has 0 saturated carbocycles. The number of aromatic nitrogens is 1. The predicted molar refractivity (Wildman–Crippen MR) is 128 cm³/mol. The Hall–Kier alpha value is -2.50. The molecule has 0 spiro atoms. The molecule has 1 fully saturated rings. The minimum absolute atomic E-state index is 0.0225. The molecule has 192 valence electrons. The topological polar surface area (TPSA) is 83.6 Å². The molecule has 7 nitrogen and oxygen atoms in total. The smallest absolute Gasteiger partial charge is 0.370 e. The Morgan fingerprint density at radius 3 is 2.60 bits per heavy atom. The predicted octanol–water partition coefficient (Wildman–Crippen LogP) is 3.70. The van der Waals surface area contributed by atoms with E-state index in [1.807, 2.05) is 20.9 Å². The van der Waals surface area contributed by atoms with E-state index in [0.29, 0.717) is 42.4 Å². The lowest BCUT2D eigenvalue weighted by atomic mass is 9.97. The van der Waals surface area contributed by atoms with Gasteiger partial charge in [0.1, 0.15) is 11.6 Å². The van der Waals surface area contributed by atoms with Crippen LogP contribution in [0.5, 0.6) is 0 Å². The molecule has 2 N–H and O–H groups in total. The number of carbonyl (C=O) groups is 2. The Bertz CT molecular complexity index is 1010. The summed E-state index contributed by atoms with van der Waals surface area (Å²) < 4.78 is 43.8. The third-order valence-corrected chi connectivity index (χ3v) is 6.83. The number of hydrogen-bond acceptors (Lipinski definition) is 6. The van der Waals surface area contributed by atoms with Crippen LogP contribution >= 0.6 is 11.3 Å². The molecule has 0 aliphatic carbocycles. The molecule has 1 atom stereocenters. The van der Waals surface area contributed by atoms with Gasteiger partial charge in [0.25, 0.3) is 0 Å². The van der Waals surface area contributed by atoms with Gasteiger partial charge in [0.15, 0.2) is 0 Å². The number of thiazole rings is 1. The Morgan fingerprint density at radius 1 is 1.23 bits per heavy atom. The SMILES string of the molecule is CNC(C)(C)COCC(=O)N1CCCC(C(=O)NCc2nc(-c3ccc(C(F)(F)F)cc3)cs2)C1. The summed E-state index contributed by atoms with van der Waals surface area (Å²) in [7, 11) is 1.83. The molecule has 0 radical (unpaired) electrons. The van der Waals surface area contributed by atoms with Crippen molar-refractivity contribution in [3.05, 3.63) is 40.2 Å². The molecule has 3 rings (SSSR count). The van der Waals surface area contributed by atoms with E-state index < -0.39 is 11.7 Å². The number of nitrogens with zero attached hydrogens (tertiary/aromatic N) is 2. The molecular weight excluding hydrogens is 481 g/mol. The number of amides is 2. The first-order valence-electron chi connectivity index (χ1n) is 11.4. The molecule has 35 heavy (non-hydrogen) atoms. The maximum Gasteiger partial charge on any atom is 0.416 e. The largest absolute Gasteiger partial charge is 0.416 e. The van der Waals surface area contributed by atoms with E-state index in [2.05, 4.69) is 15.6 Å². The van der Waals surface area contributed by atoms with Crippen LogP contribution in [-0.4, -0.2) is 60.6 Å². The fourth-order valence-electron chi connectivity index (χ4n) is 3.64. The van der Waals surface area contributed by atoms with Crippen LogP contribution in [0.1, 0.15) is 37.3 Å². The standard InChI is InChI=1S/C24H31F3N4O3S/c1-23(2,28-3)15-34-13-21(32)31-10-4-5-17(12-31)22(33)29-11-20-30-19(14-35-20)16-6-8-18(9-7-16)24(25,26)27/h6-9,14,17,28H,4-5,10-13,15H2,1-3H3,(H,29,33). The number of piperidine rings is 1. The van der Waals surface area contributed by atoms with E-state index in [0.717, 1.165) is 18.6 Å². The van der Waals surface area contributed by atoms with Gasteiger partial charge >= 0.3 is 6.18 Å². The molecule has 1 aliphatic rings. The average Bonchev–Trinajstić information content (AvgIpc) is 3.31. The highest BCUT2D eigenvalue weighted by atomic mass is 32.1. The van der Waals surface area contributed by atoms with Crippen molar-refractivity contribution in [1.29, 1.82) is 0 Å². The van der Waals surface area contributed by atoms with Crippen LogP contribution in [0.25, 0.3) is 11.3 Å². The molecular formula is C24H31F3N4O3S. The number of likely N-dealkylation sites (tertiary alicyclic amines) is 1. The maximum atomic E-state index is 12.8. The molecule has 1 aliphatic heterocycles. The number of rotatable bonds is 9. The molecule has 2 amide bonds. The van der Waals surface area contributed by atoms with E-state index in [-0.39, 0.29) is 36.4 Å². The van der Waals surface area contributed by atoms with Crippen LogP contribution in [0.3, 0.4) is 0 Å². The van der Waals surface area contributed by atoms with Crippen molar-refractivity contribution in [3.63, 3.8) is 0 Å². The quantitative estimate of drug-likeness (QED) is 0.536. The summed E-state index contributed by atoms with van der Waals surface area (Å²) in [5.74, 6) is -0.586. The van der Waals surface area contributed by atoms with Crippen molar-refractivity contribution in [2.45, 2.75) is 44.9 Å². The molecule has 2 aromatic rings. The zero-order valence-corrected chi connectivity index (χ0v) is 20.9. The fourth-order valence-corrected chi connectivity index (χ4v) is 4.38. The molecule has 1 saturated heterocycles. The van der Waals surface area contributed by atoms with Crippen molar-refractivity contribution >= 4 is 23.2 Å².